The Morgan fingerprint density at radius 2 is 1.50 bits per heavy atom. The third kappa shape index (κ3) is 6.50. The van der Waals surface area contributed by atoms with Crippen LogP contribution in [0.1, 0.15) is 44.9 Å². The van der Waals surface area contributed by atoms with Crippen molar-refractivity contribution in [3.05, 3.63) is 22.4 Å². The summed E-state index contributed by atoms with van der Waals surface area (Å²) >= 11 is 1.79. The largest absolute Gasteiger partial charge is 0.501 e. The van der Waals surface area contributed by atoms with E-state index in [0.717, 1.165) is 51.5 Å². The van der Waals surface area contributed by atoms with Crippen LogP contribution >= 0.6 is 11.3 Å². The second-order valence-corrected chi connectivity index (χ2v) is 8.57. The van der Waals surface area contributed by atoms with Gasteiger partial charge in [0.05, 0.1) is 0 Å². The minimum atomic E-state index is -2.51. The lowest BCUT2D eigenvalue weighted by Crippen LogP contribution is -2.47. The quantitative estimate of drug-likeness (QED) is 0.531. The number of hydrogen-bond acceptors (Lipinski definition) is 4. The summed E-state index contributed by atoms with van der Waals surface area (Å²) < 4.78 is 18.2. The summed E-state index contributed by atoms with van der Waals surface area (Å²) in [5.41, 5.74) is 0. The molecule has 1 rings (SSSR count). The highest BCUT2D eigenvalue weighted by Crippen LogP contribution is 2.22. The summed E-state index contributed by atoms with van der Waals surface area (Å²) in [6, 6.07) is 5.15. The van der Waals surface area contributed by atoms with Crippen molar-refractivity contribution >= 4 is 20.1 Å². The molecule has 0 atom stereocenters. The molecule has 0 amide bonds. The van der Waals surface area contributed by atoms with Crippen LogP contribution in [0.5, 0.6) is 0 Å². The number of rotatable bonds is 12. The predicted molar refractivity (Wildman–Crippen MR) is 87.3 cm³/mol. The van der Waals surface area contributed by atoms with Crippen LogP contribution in [0.4, 0.5) is 0 Å². The van der Waals surface area contributed by atoms with Crippen molar-refractivity contribution in [2.75, 3.05) is 19.8 Å². The maximum Gasteiger partial charge on any atom is 0.501 e. The second-order valence-electron chi connectivity index (χ2n) is 4.81. The van der Waals surface area contributed by atoms with Crippen LogP contribution in [-0.2, 0) is 19.7 Å². The molecule has 0 aliphatic heterocycles. The van der Waals surface area contributed by atoms with Gasteiger partial charge in [-0.1, -0.05) is 26.8 Å². The van der Waals surface area contributed by atoms with Crippen LogP contribution in [-0.4, -0.2) is 28.6 Å². The van der Waals surface area contributed by atoms with E-state index in [0.29, 0.717) is 0 Å². The van der Waals surface area contributed by atoms with E-state index in [-0.39, 0.29) is 0 Å². The van der Waals surface area contributed by atoms with E-state index >= 15 is 0 Å². The molecular weight excluding hydrogens is 288 g/mol. The Balaban J connectivity index is 2.64. The topological polar surface area (TPSA) is 27.7 Å². The first-order chi connectivity index (χ1) is 9.76. The molecule has 0 bridgehead atoms. The average molecular weight is 317 g/mol. The van der Waals surface area contributed by atoms with Gasteiger partial charge >= 0.3 is 8.80 Å². The Bertz CT molecular complexity index is 308. The first-order valence-electron chi connectivity index (χ1n) is 7.70. The number of hydrogen-bond donors (Lipinski definition) is 0. The molecule has 0 spiro atoms. The van der Waals surface area contributed by atoms with Gasteiger partial charge in [0.25, 0.3) is 0 Å². The normalized spacial score (nSPS) is 11.9. The molecule has 5 heteroatoms. The molecule has 116 valence electrons. The van der Waals surface area contributed by atoms with Gasteiger partial charge in [-0.25, -0.2) is 0 Å². The van der Waals surface area contributed by atoms with Crippen molar-refractivity contribution < 1.29 is 13.3 Å². The first-order valence-corrected chi connectivity index (χ1v) is 10.5. The maximum absolute atomic E-state index is 6.08. The van der Waals surface area contributed by atoms with Crippen molar-refractivity contribution in [3.63, 3.8) is 0 Å². The van der Waals surface area contributed by atoms with Crippen molar-refractivity contribution in [2.24, 2.45) is 0 Å². The summed E-state index contributed by atoms with van der Waals surface area (Å²) in [4.78, 5) is 1.38. The highest BCUT2D eigenvalue weighted by Gasteiger charge is 2.40. The molecule has 0 N–H and O–H groups in total. The molecule has 0 saturated heterocycles. The highest BCUT2D eigenvalue weighted by molar-refractivity contribution is 7.09. The zero-order valence-electron chi connectivity index (χ0n) is 13.0. The molecule has 0 aliphatic carbocycles. The van der Waals surface area contributed by atoms with Gasteiger partial charge < -0.3 is 13.3 Å². The third-order valence-electron chi connectivity index (χ3n) is 2.84. The summed E-state index contributed by atoms with van der Waals surface area (Å²) in [5, 5.41) is 2.12. The molecule has 1 heterocycles. The van der Waals surface area contributed by atoms with Crippen LogP contribution in [0.2, 0.25) is 6.04 Å². The molecule has 0 saturated carbocycles. The number of thiophene rings is 1. The lowest BCUT2D eigenvalue weighted by Gasteiger charge is -2.29. The van der Waals surface area contributed by atoms with Crippen LogP contribution in [0.25, 0.3) is 0 Å². The van der Waals surface area contributed by atoms with E-state index in [9.17, 15) is 0 Å². The van der Waals surface area contributed by atoms with Crippen molar-refractivity contribution in [1.29, 1.82) is 0 Å². The lowest BCUT2D eigenvalue weighted by atomic mass is 10.4. The van der Waals surface area contributed by atoms with Gasteiger partial charge in [-0.05, 0) is 37.1 Å². The van der Waals surface area contributed by atoms with Gasteiger partial charge in [0, 0.05) is 30.7 Å². The second kappa shape index (κ2) is 10.5. The standard InChI is InChI=1S/C15H28O3SSi/c1-4-10-16-20(17-11-5-2,18-12-6-3)14-9-15-8-7-13-19-15/h7-8,13H,4-6,9-12,14H2,1-3H3. The van der Waals surface area contributed by atoms with Gasteiger partial charge in [-0.15, -0.1) is 11.3 Å². The lowest BCUT2D eigenvalue weighted by molar-refractivity contribution is 0.0594. The molecule has 3 nitrogen and oxygen atoms in total. The Labute approximate surface area is 128 Å². The molecule has 1 aromatic heterocycles. The molecule has 0 radical (unpaired) electrons. The van der Waals surface area contributed by atoms with Crippen molar-refractivity contribution in [3.8, 4) is 0 Å². The summed E-state index contributed by atoms with van der Waals surface area (Å²) in [6.45, 7) is 8.55. The highest BCUT2D eigenvalue weighted by atomic mass is 32.1. The van der Waals surface area contributed by atoms with Gasteiger partial charge in [0.1, 0.15) is 0 Å². The fourth-order valence-electron chi connectivity index (χ4n) is 1.85. The molecule has 20 heavy (non-hydrogen) atoms. The van der Waals surface area contributed by atoms with E-state index in [4.69, 9.17) is 13.3 Å². The molecular formula is C15H28O3SSi. The average Bonchev–Trinajstić information content (AvgIpc) is 2.99. The predicted octanol–water partition coefficient (Wildman–Crippen LogP) is 4.51. The maximum atomic E-state index is 6.08. The Morgan fingerprint density at radius 3 is 1.90 bits per heavy atom. The molecule has 1 aromatic rings. The van der Waals surface area contributed by atoms with Crippen molar-refractivity contribution in [2.45, 2.75) is 52.5 Å². The van der Waals surface area contributed by atoms with Gasteiger partial charge in [0.2, 0.25) is 0 Å². The Morgan fingerprint density at radius 1 is 0.950 bits per heavy atom. The molecule has 0 aliphatic rings. The van der Waals surface area contributed by atoms with E-state index in [1.54, 1.807) is 11.3 Å². The summed E-state index contributed by atoms with van der Waals surface area (Å²) in [6.07, 6.45) is 3.98. The Hall–Kier alpha value is -0.203. The van der Waals surface area contributed by atoms with Crippen LogP contribution < -0.4 is 0 Å². The minimum absolute atomic E-state index is 0.726. The van der Waals surface area contributed by atoms with Gasteiger partial charge in [-0.3, -0.25) is 0 Å². The number of aryl methyl sites for hydroxylation is 1. The van der Waals surface area contributed by atoms with Crippen LogP contribution in [0.15, 0.2) is 17.5 Å². The monoisotopic (exact) mass is 316 g/mol. The van der Waals surface area contributed by atoms with Gasteiger partial charge in [0.15, 0.2) is 0 Å². The van der Waals surface area contributed by atoms with E-state index < -0.39 is 8.80 Å². The zero-order valence-corrected chi connectivity index (χ0v) is 14.8. The van der Waals surface area contributed by atoms with Gasteiger partial charge in [-0.2, -0.15) is 0 Å². The van der Waals surface area contributed by atoms with Crippen LogP contribution in [0.3, 0.4) is 0 Å². The summed E-state index contributed by atoms with van der Waals surface area (Å²) in [7, 11) is -2.51. The summed E-state index contributed by atoms with van der Waals surface area (Å²) in [5.74, 6) is 0. The fraction of sp³-hybridized carbons (Fsp3) is 0.733. The zero-order chi connectivity index (χ0) is 14.7. The van der Waals surface area contributed by atoms with E-state index in [1.807, 2.05) is 0 Å². The van der Waals surface area contributed by atoms with Crippen molar-refractivity contribution in [1.82, 2.24) is 0 Å². The molecule has 0 fully saturated rings. The molecule has 0 unspecified atom stereocenters. The smallest absolute Gasteiger partial charge is 0.373 e. The molecule has 0 aromatic carbocycles. The minimum Gasteiger partial charge on any atom is -0.373 e. The Kier molecular flexibility index (Phi) is 9.38. The van der Waals surface area contributed by atoms with Crippen LogP contribution in [0, 0.1) is 0 Å². The van der Waals surface area contributed by atoms with E-state index in [2.05, 4.69) is 38.3 Å². The van der Waals surface area contributed by atoms with E-state index in [1.165, 1.54) is 4.88 Å². The third-order valence-corrected chi connectivity index (χ3v) is 6.57. The fourth-order valence-corrected chi connectivity index (χ4v) is 5.54. The first kappa shape index (κ1) is 17.8. The SMILES string of the molecule is CCCO[Si](CCc1cccs1)(OCCC)OCCC.